The van der Waals surface area contributed by atoms with Crippen LogP contribution in [0.5, 0.6) is 0 Å². The van der Waals surface area contributed by atoms with Crippen molar-refractivity contribution in [3.8, 4) is 0 Å². The Labute approximate surface area is 118 Å². The van der Waals surface area contributed by atoms with Crippen LogP contribution in [-0.4, -0.2) is 11.7 Å². The summed E-state index contributed by atoms with van der Waals surface area (Å²) in [6, 6.07) is 7.11. The lowest BCUT2D eigenvalue weighted by molar-refractivity contribution is -0.126. The van der Waals surface area contributed by atoms with Crippen LogP contribution in [-0.2, 0) is 9.59 Å². The molecule has 0 heterocycles. The van der Waals surface area contributed by atoms with E-state index >= 15 is 0 Å². The van der Waals surface area contributed by atoms with Crippen molar-refractivity contribution < 1.29 is 9.59 Å². The maximum Gasteiger partial charge on any atom is 0.217 e. The number of carbonyl (C=O) groups is 2. The molecule has 0 unspecified atom stereocenters. The van der Waals surface area contributed by atoms with Gasteiger partial charge in [0.1, 0.15) is 5.78 Å². The predicted molar refractivity (Wildman–Crippen MR) is 75.0 cm³/mol. The SMILES string of the molecule is CC(=O)N[C@H](c1ccc(Cl)cc1)[C@@H]1CCCCC1=O. The number of Topliss-reactive ketones (excluding diaryl/α,β-unsaturated/α-hetero) is 1. The third-order valence-electron chi connectivity index (χ3n) is 3.59. The molecule has 1 N–H and O–H groups in total. The first kappa shape index (κ1) is 14.1. The summed E-state index contributed by atoms with van der Waals surface area (Å²) in [6.45, 7) is 1.48. The van der Waals surface area contributed by atoms with Crippen LogP contribution in [0.15, 0.2) is 24.3 Å². The normalized spacial score (nSPS) is 20.9. The van der Waals surface area contributed by atoms with Gasteiger partial charge in [0.2, 0.25) is 5.91 Å². The van der Waals surface area contributed by atoms with Crippen molar-refractivity contribution in [3.63, 3.8) is 0 Å². The van der Waals surface area contributed by atoms with Crippen molar-refractivity contribution in [2.24, 2.45) is 5.92 Å². The molecule has 0 saturated heterocycles. The Morgan fingerprint density at radius 3 is 2.58 bits per heavy atom. The smallest absolute Gasteiger partial charge is 0.217 e. The van der Waals surface area contributed by atoms with E-state index in [0.29, 0.717) is 11.4 Å². The molecule has 1 aromatic rings. The molecule has 1 saturated carbocycles. The van der Waals surface area contributed by atoms with Crippen LogP contribution < -0.4 is 5.32 Å². The van der Waals surface area contributed by atoms with Gasteiger partial charge in [-0.2, -0.15) is 0 Å². The Morgan fingerprint density at radius 2 is 2.00 bits per heavy atom. The summed E-state index contributed by atoms with van der Waals surface area (Å²) < 4.78 is 0. The van der Waals surface area contributed by atoms with Gasteiger partial charge in [0.25, 0.3) is 0 Å². The van der Waals surface area contributed by atoms with Crippen LogP contribution in [0.4, 0.5) is 0 Å². The van der Waals surface area contributed by atoms with Crippen molar-refractivity contribution in [2.45, 2.75) is 38.6 Å². The highest BCUT2D eigenvalue weighted by Gasteiger charge is 2.31. The largest absolute Gasteiger partial charge is 0.349 e. The fraction of sp³-hybridized carbons (Fsp3) is 0.467. The molecule has 1 aliphatic rings. The van der Waals surface area contributed by atoms with Crippen molar-refractivity contribution in [1.82, 2.24) is 5.32 Å². The zero-order valence-electron chi connectivity index (χ0n) is 11.0. The lowest BCUT2D eigenvalue weighted by Gasteiger charge is -2.30. The monoisotopic (exact) mass is 279 g/mol. The molecular formula is C15H18ClNO2. The van der Waals surface area contributed by atoms with Gasteiger partial charge in [-0.1, -0.05) is 30.2 Å². The number of nitrogens with one attached hydrogen (secondary N) is 1. The fourth-order valence-electron chi connectivity index (χ4n) is 2.67. The highest BCUT2D eigenvalue weighted by Crippen LogP contribution is 2.32. The van der Waals surface area contributed by atoms with Crippen LogP contribution in [0.25, 0.3) is 0 Å². The van der Waals surface area contributed by atoms with Crippen molar-refractivity contribution in [3.05, 3.63) is 34.9 Å². The van der Waals surface area contributed by atoms with Gasteiger partial charge >= 0.3 is 0 Å². The van der Waals surface area contributed by atoms with E-state index in [2.05, 4.69) is 5.32 Å². The molecule has 2 atom stereocenters. The standard InChI is InChI=1S/C15H18ClNO2/c1-10(18)17-15(11-6-8-12(16)9-7-11)13-4-2-3-5-14(13)19/h6-9,13,15H,2-5H2,1H3,(H,17,18)/t13-,15-/m1/s1. The van der Waals surface area contributed by atoms with Crippen LogP contribution in [0, 0.1) is 5.92 Å². The quantitative estimate of drug-likeness (QED) is 0.923. The molecule has 1 aliphatic carbocycles. The van der Waals surface area contributed by atoms with Gasteiger partial charge in [-0.15, -0.1) is 0 Å². The number of benzene rings is 1. The number of ketones is 1. The van der Waals surface area contributed by atoms with Crippen molar-refractivity contribution >= 4 is 23.3 Å². The van der Waals surface area contributed by atoms with Crippen LogP contribution in [0.2, 0.25) is 5.02 Å². The molecular weight excluding hydrogens is 262 g/mol. The second-order valence-electron chi connectivity index (χ2n) is 5.05. The first-order valence-electron chi connectivity index (χ1n) is 6.63. The summed E-state index contributed by atoms with van der Waals surface area (Å²) in [4.78, 5) is 23.5. The Hall–Kier alpha value is -1.35. The van der Waals surface area contributed by atoms with E-state index in [1.165, 1.54) is 6.92 Å². The minimum Gasteiger partial charge on any atom is -0.349 e. The number of carbonyl (C=O) groups excluding carboxylic acids is 2. The highest BCUT2D eigenvalue weighted by molar-refractivity contribution is 6.30. The predicted octanol–water partition coefficient (Wildman–Crippen LogP) is 3.28. The van der Waals surface area contributed by atoms with Crippen molar-refractivity contribution in [2.75, 3.05) is 0 Å². The average molecular weight is 280 g/mol. The summed E-state index contributed by atoms with van der Waals surface area (Å²) in [5.41, 5.74) is 0.944. The zero-order valence-corrected chi connectivity index (χ0v) is 11.7. The molecule has 0 aromatic heterocycles. The van der Waals surface area contributed by atoms with Gasteiger partial charge in [0, 0.05) is 24.3 Å². The summed E-state index contributed by atoms with van der Waals surface area (Å²) in [6.07, 6.45) is 3.46. The lowest BCUT2D eigenvalue weighted by Crippen LogP contribution is -2.37. The molecule has 102 valence electrons. The van der Waals surface area contributed by atoms with Crippen LogP contribution >= 0.6 is 11.6 Å². The molecule has 1 fully saturated rings. The van der Waals surface area contributed by atoms with Gasteiger partial charge < -0.3 is 5.32 Å². The number of rotatable bonds is 3. The number of hydrogen-bond acceptors (Lipinski definition) is 2. The molecule has 4 heteroatoms. The molecule has 2 rings (SSSR count). The third-order valence-corrected chi connectivity index (χ3v) is 3.84. The van der Waals surface area contributed by atoms with Crippen LogP contribution in [0.1, 0.15) is 44.2 Å². The molecule has 3 nitrogen and oxygen atoms in total. The van der Waals surface area contributed by atoms with E-state index in [-0.39, 0.29) is 23.7 Å². The molecule has 0 bridgehead atoms. The number of halogens is 1. The zero-order chi connectivity index (χ0) is 13.8. The van der Waals surface area contributed by atoms with Crippen LogP contribution in [0.3, 0.4) is 0 Å². The maximum absolute atomic E-state index is 12.1. The van der Waals surface area contributed by atoms with Gasteiger partial charge in [0.15, 0.2) is 0 Å². The first-order valence-corrected chi connectivity index (χ1v) is 7.01. The second kappa shape index (κ2) is 6.20. The molecule has 0 spiro atoms. The summed E-state index contributed by atoms with van der Waals surface area (Å²) in [5.74, 6) is 0.0251. The highest BCUT2D eigenvalue weighted by atomic mass is 35.5. The van der Waals surface area contributed by atoms with E-state index in [0.717, 1.165) is 24.8 Å². The van der Waals surface area contributed by atoms with Gasteiger partial charge in [0.05, 0.1) is 6.04 Å². The molecule has 0 radical (unpaired) electrons. The van der Waals surface area contributed by atoms with E-state index in [9.17, 15) is 9.59 Å². The lowest BCUT2D eigenvalue weighted by atomic mass is 9.80. The summed E-state index contributed by atoms with van der Waals surface area (Å²) in [7, 11) is 0. The fourth-order valence-corrected chi connectivity index (χ4v) is 2.79. The van der Waals surface area contributed by atoms with Gasteiger partial charge in [-0.05, 0) is 30.5 Å². The minimum atomic E-state index is -0.234. The third kappa shape index (κ3) is 3.57. The molecule has 19 heavy (non-hydrogen) atoms. The Kier molecular flexibility index (Phi) is 4.59. The molecule has 1 aromatic carbocycles. The Morgan fingerprint density at radius 1 is 1.32 bits per heavy atom. The summed E-state index contributed by atoms with van der Waals surface area (Å²) in [5, 5.41) is 3.57. The second-order valence-corrected chi connectivity index (χ2v) is 5.48. The van der Waals surface area contributed by atoms with E-state index in [1.54, 1.807) is 12.1 Å². The average Bonchev–Trinajstić information content (AvgIpc) is 2.38. The minimum absolute atomic E-state index is 0.112. The molecule has 0 aliphatic heterocycles. The summed E-state index contributed by atoms with van der Waals surface area (Å²) >= 11 is 5.88. The van der Waals surface area contributed by atoms with E-state index in [4.69, 9.17) is 11.6 Å². The topological polar surface area (TPSA) is 46.2 Å². The maximum atomic E-state index is 12.1. The number of amides is 1. The number of hydrogen-bond donors (Lipinski definition) is 1. The van der Waals surface area contributed by atoms with Gasteiger partial charge in [-0.3, -0.25) is 9.59 Å². The van der Waals surface area contributed by atoms with Gasteiger partial charge in [-0.25, -0.2) is 0 Å². The first-order chi connectivity index (χ1) is 9.08. The van der Waals surface area contributed by atoms with E-state index < -0.39 is 0 Å². The molecule has 1 amide bonds. The Balaban J connectivity index is 2.26. The van der Waals surface area contributed by atoms with Crippen molar-refractivity contribution in [1.29, 1.82) is 0 Å². The Bertz CT molecular complexity index is 470. The van der Waals surface area contributed by atoms with E-state index in [1.807, 2.05) is 12.1 Å².